The maximum atomic E-state index is 2.52. The fraction of sp³-hybridized carbons (Fsp3) is 0. The van der Waals surface area contributed by atoms with E-state index in [0.29, 0.717) is 0 Å². The highest BCUT2D eigenvalue weighted by atomic mass is 32.1. The van der Waals surface area contributed by atoms with Gasteiger partial charge in [0.15, 0.2) is 0 Å². The number of hydrogen-bond acceptors (Lipinski definition) is 3. The summed E-state index contributed by atoms with van der Waals surface area (Å²) in [4.78, 5) is 2.52. The lowest BCUT2D eigenvalue weighted by Gasteiger charge is -2.29. The molecule has 0 N–H and O–H groups in total. The second-order valence-electron chi connectivity index (χ2n) is 13.6. The van der Waals surface area contributed by atoms with E-state index in [1.165, 1.54) is 95.5 Å². The van der Waals surface area contributed by atoms with Crippen LogP contribution in [0.4, 0.5) is 17.1 Å². The molecule has 3 heteroatoms. The summed E-state index contributed by atoms with van der Waals surface area (Å²) < 4.78 is 5.20. The van der Waals surface area contributed by atoms with Gasteiger partial charge >= 0.3 is 0 Å². The second-order valence-corrected chi connectivity index (χ2v) is 15.8. The average Bonchev–Trinajstić information content (AvgIpc) is 3.81. The molecule has 11 rings (SSSR count). The highest BCUT2D eigenvalue weighted by Crippen LogP contribution is 2.50. The van der Waals surface area contributed by atoms with Crippen LogP contribution < -0.4 is 4.90 Å². The minimum absolute atomic E-state index is 1.13. The lowest BCUT2D eigenvalue weighted by Crippen LogP contribution is -2.11. The largest absolute Gasteiger partial charge is 0.308 e. The van der Waals surface area contributed by atoms with Gasteiger partial charge in [0.25, 0.3) is 0 Å². The fourth-order valence-corrected chi connectivity index (χ4v) is 10.6. The van der Waals surface area contributed by atoms with Gasteiger partial charge in [0, 0.05) is 46.7 Å². The van der Waals surface area contributed by atoms with Crippen LogP contribution in [0.5, 0.6) is 0 Å². The van der Waals surface area contributed by atoms with Gasteiger partial charge in [-0.3, -0.25) is 0 Å². The quantitative estimate of drug-likeness (QED) is 0.161. The van der Waals surface area contributed by atoms with Gasteiger partial charge in [0.05, 0.1) is 16.1 Å². The van der Waals surface area contributed by atoms with Crippen LogP contribution >= 0.6 is 22.7 Å². The summed E-state index contributed by atoms with van der Waals surface area (Å²) in [5.74, 6) is 0. The minimum Gasteiger partial charge on any atom is -0.308 e. The summed E-state index contributed by atoms with van der Waals surface area (Å²) in [5, 5.41) is 10.2. The molecule has 248 valence electrons. The molecule has 2 heterocycles. The van der Waals surface area contributed by atoms with E-state index >= 15 is 0 Å². The van der Waals surface area contributed by atoms with E-state index in [1.807, 2.05) is 22.7 Å². The van der Waals surface area contributed by atoms with Crippen LogP contribution in [0.2, 0.25) is 0 Å². The molecule has 0 fully saturated rings. The molecule has 0 aliphatic heterocycles. The van der Waals surface area contributed by atoms with Crippen molar-refractivity contribution in [2.24, 2.45) is 0 Å². The molecule has 53 heavy (non-hydrogen) atoms. The number of nitrogens with zero attached hydrogens (tertiary/aromatic N) is 1. The van der Waals surface area contributed by atoms with Gasteiger partial charge in [-0.05, 0) is 80.9 Å². The Kier molecular flexibility index (Phi) is 6.97. The molecule has 0 saturated heterocycles. The molecular weight excluding hydrogens is 679 g/mol. The van der Waals surface area contributed by atoms with E-state index in [2.05, 4.69) is 193 Å². The number of benzene rings is 9. The molecule has 0 saturated carbocycles. The van der Waals surface area contributed by atoms with Crippen LogP contribution in [0, 0.1) is 0 Å². The number of thiophene rings is 2. The molecule has 0 aliphatic rings. The van der Waals surface area contributed by atoms with Crippen molar-refractivity contribution in [3.8, 4) is 22.3 Å². The molecule has 11 aromatic rings. The van der Waals surface area contributed by atoms with Gasteiger partial charge in [-0.25, -0.2) is 0 Å². The Labute approximate surface area is 315 Å². The maximum Gasteiger partial charge on any atom is 0.0640 e. The predicted molar refractivity (Wildman–Crippen MR) is 233 cm³/mol. The molecule has 1 nitrogen and oxygen atoms in total. The fourth-order valence-electron chi connectivity index (χ4n) is 8.30. The summed E-state index contributed by atoms with van der Waals surface area (Å²) in [6.45, 7) is 0. The van der Waals surface area contributed by atoms with E-state index in [-0.39, 0.29) is 0 Å². The zero-order valence-corrected chi connectivity index (χ0v) is 30.3. The normalized spacial score (nSPS) is 11.8. The monoisotopic (exact) mass is 709 g/mol. The number of fused-ring (bicyclic) bond motifs is 9. The lowest BCUT2D eigenvalue weighted by atomic mass is 9.91. The summed E-state index contributed by atoms with van der Waals surface area (Å²) in [5.41, 5.74) is 8.39. The van der Waals surface area contributed by atoms with Crippen LogP contribution in [-0.4, -0.2) is 0 Å². The smallest absolute Gasteiger partial charge is 0.0640 e. The first-order valence-corrected chi connectivity index (χ1v) is 19.6. The van der Waals surface area contributed by atoms with Crippen molar-refractivity contribution in [3.05, 3.63) is 188 Å². The maximum absolute atomic E-state index is 2.52. The molecule has 0 radical (unpaired) electrons. The Balaban J connectivity index is 1.26. The molecular formula is C50H31NS2. The third kappa shape index (κ3) is 4.82. The lowest BCUT2D eigenvalue weighted by molar-refractivity contribution is 1.32. The van der Waals surface area contributed by atoms with Crippen molar-refractivity contribution in [3.63, 3.8) is 0 Å². The van der Waals surface area contributed by atoms with E-state index in [1.54, 1.807) is 0 Å². The third-order valence-corrected chi connectivity index (χ3v) is 13.0. The summed E-state index contributed by atoms with van der Waals surface area (Å²) in [6, 6.07) is 69.3. The van der Waals surface area contributed by atoms with E-state index < -0.39 is 0 Å². The molecule has 2 aromatic heterocycles. The summed E-state index contributed by atoms with van der Waals surface area (Å²) in [7, 11) is 0. The van der Waals surface area contributed by atoms with Gasteiger partial charge < -0.3 is 4.90 Å². The molecule has 0 atom stereocenters. The molecule has 0 amide bonds. The van der Waals surface area contributed by atoms with Crippen molar-refractivity contribution >= 4 is 102 Å². The van der Waals surface area contributed by atoms with Crippen molar-refractivity contribution in [2.45, 2.75) is 0 Å². The van der Waals surface area contributed by atoms with Crippen LogP contribution in [0.25, 0.3) is 84.1 Å². The minimum atomic E-state index is 1.13. The molecule has 0 aliphatic carbocycles. The third-order valence-electron chi connectivity index (χ3n) is 10.7. The Bertz CT molecular complexity index is 3190. The molecule has 0 bridgehead atoms. The topological polar surface area (TPSA) is 3.24 Å². The molecule has 0 unspecified atom stereocenters. The Morgan fingerprint density at radius 3 is 1.83 bits per heavy atom. The van der Waals surface area contributed by atoms with E-state index in [0.717, 1.165) is 5.69 Å². The standard InChI is InChI=1S/C50H31NS2/c1-2-14-32(15-3-1)36-29-28-34(31-43(36)40-22-13-27-48-49(40)42-21-9-11-26-47(42)52-48)51(44-24-12-23-41-39-20-8-10-25-46(39)53-50(41)44)45-30-33-16-4-5-17-35(33)37-18-6-7-19-38(37)45/h1-31H. The van der Waals surface area contributed by atoms with Crippen molar-refractivity contribution in [2.75, 3.05) is 4.90 Å². The van der Waals surface area contributed by atoms with Gasteiger partial charge in [0.1, 0.15) is 0 Å². The SMILES string of the molecule is c1ccc(-c2ccc(N(c3cc4ccccc4c4ccccc34)c3cccc4c3sc3ccccc34)cc2-c2cccc3sc4ccccc4c23)cc1. The van der Waals surface area contributed by atoms with Gasteiger partial charge in [-0.15, -0.1) is 22.7 Å². The van der Waals surface area contributed by atoms with E-state index in [4.69, 9.17) is 0 Å². The Morgan fingerprint density at radius 2 is 0.981 bits per heavy atom. The number of hydrogen-bond donors (Lipinski definition) is 0. The van der Waals surface area contributed by atoms with Crippen LogP contribution in [0.1, 0.15) is 0 Å². The van der Waals surface area contributed by atoms with Gasteiger partial charge in [-0.2, -0.15) is 0 Å². The van der Waals surface area contributed by atoms with Gasteiger partial charge in [-0.1, -0.05) is 146 Å². The molecule has 9 aromatic carbocycles. The first-order valence-electron chi connectivity index (χ1n) is 18.0. The van der Waals surface area contributed by atoms with Crippen LogP contribution in [-0.2, 0) is 0 Å². The summed E-state index contributed by atoms with van der Waals surface area (Å²) in [6.07, 6.45) is 0. The number of anilines is 3. The first kappa shape index (κ1) is 30.4. The first-order chi connectivity index (χ1) is 26.3. The van der Waals surface area contributed by atoms with Gasteiger partial charge in [0.2, 0.25) is 0 Å². The zero-order valence-electron chi connectivity index (χ0n) is 28.7. The zero-order chi connectivity index (χ0) is 34.9. The van der Waals surface area contributed by atoms with Crippen molar-refractivity contribution in [1.29, 1.82) is 0 Å². The highest BCUT2D eigenvalue weighted by molar-refractivity contribution is 7.26. The predicted octanol–water partition coefficient (Wildman–Crippen LogP) is 15.5. The summed E-state index contributed by atoms with van der Waals surface area (Å²) >= 11 is 3.75. The van der Waals surface area contributed by atoms with Crippen molar-refractivity contribution < 1.29 is 0 Å². The van der Waals surface area contributed by atoms with Crippen molar-refractivity contribution in [1.82, 2.24) is 0 Å². The Hall–Kier alpha value is -6.26. The number of rotatable bonds is 5. The van der Waals surface area contributed by atoms with Crippen LogP contribution in [0.15, 0.2) is 188 Å². The highest BCUT2D eigenvalue weighted by Gasteiger charge is 2.23. The average molecular weight is 710 g/mol. The molecule has 0 spiro atoms. The van der Waals surface area contributed by atoms with E-state index in [9.17, 15) is 0 Å². The second kappa shape index (κ2) is 12.2. The van der Waals surface area contributed by atoms with Crippen LogP contribution in [0.3, 0.4) is 0 Å². The Morgan fingerprint density at radius 1 is 0.340 bits per heavy atom.